The van der Waals surface area contributed by atoms with Crippen LogP contribution in [0.4, 0.5) is 5.82 Å². The van der Waals surface area contributed by atoms with E-state index in [-0.39, 0.29) is 0 Å². The van der Waals surface area contributed by atoms with Crippen LogP contribution in [0.25, 0.3) is 0 Å². The van der Waals surface area contributed by atoms with Crippen LogP contribution in [0.1, 0.15) is 51.1 Å². The minimum Gasteiger partial charge on any atom is -0.370 e. The summed E-state index contributed by atoms with van der Waals surface area (Å²) in [7, 11) is 0. The van der Waals surface area contributed by atoms with Gasteiger partial charge < -0.3 is 11.1 Å². The highest BCUT2D eigenvalue weighted by Gasteiger charge is 2.18. The summed E-state index contributed by atoms with van der Waals surface area (Å²) in [5, 5.41) is 3.42. The molecule has 1 aromatic rings. The second-order valence-corrected chi connectivity index (χ2v) is 5.66. The van der Waals surface area contributed by atoms with E-state index in [1.807, 2.05) is 6.07 Å². The summed E-state index contributed by atoms with van der Waals surface area (Å²) in [6, 6.07) is 2.44. The molecule has 1 fully saturated rings. The molecule has 0 spiro atoms. The zero-order valence-electron chi connectivity index (χ0n) is 11.4. The first-order valence-corrected chi connectivity index (χ1v) is 6.96. The van der Waals surface area contributed by atoms with Crippen molar-refractivity contribution in [2.45, 2.75) is 51.5 Å². The molecule has 1 heterocycles. The highest BCUT2D eigenvalue weighted by Crippen LogP contribution is 2.23. The first-order chi connectivity index (χ1) is 8.65. The van der Waals surface area contributed by atoms with E-state index >= 15 is 0 Å². The highest BCUT2D eigenvalue weighted by molar-refractivity contribution is 5.35. The molecule has 4 heteroatoms. The molecule has 0 bridgehead atoms. The monoisotopic (exact) mass is 248 g/mol. The molecular formula is C14H24N4. The fraction of sp³-hybridized carbons (Fsp3) is 0.714. The SMILES string of the molecule is CC(C)c1cc(NCC2CCCC(N)C2)ncn1. The number of hydrogen-bond donors (Lipinski definition) is 2. The molecule has 3 N–H and O–H groups in total. The van der Waals surface area contributed by atoms with Crippen molar-refractivity contribution in [1.82, 2.24) is 9.97 Å². The van der Waals surface area contributed by atoms with Gasteiger partial charge in [-0.05, 0) is 31.1 Å². The largest absolute Gasteiger partial charge is 0.370 e. The summed E-state index contributed by atoms with van der Waals surface area (Å²) in [4.78, 5) is 8.55. The molecule has 4 nitrogen and oxygen atoms in total. The van der Waals surface area contributed by atoms with E-state index < -0.39 is 0 Å². The van der Waals surface area contributed by atoms with Crippen LogP contribution >= 0.6 is 0 Å². The minimum absolute atomic E-state index is 0.391. The summed E-state index contributed by atoms with van der Waals surface area (Å²) >= 11 is 0. The lowest BCUT2D eigenvalue weighted by atomic mass is 9.86. The quantitative estimate of drug-likeness (QED) is 0.859. The molecule has 0 aromatic carbocycles. The van der Waals surface area contributed by atoms with Crippen LogP contribution < -0.4 is 11.1 Å². The average molecular weight is 248 g/mol. The second kappa shape index (κ2) is 6.14. The Morgan fingerprint density at radius 2 is 2.22 bits per heavy atom. The molecule has 2 rings (SSSR count). The van der Waals surface area contributed by atoms with Gasteiger partial charge in [0.25, 0.3) is 0 Å². The molecule has 100 valence electrons. The molecule has 1 aromatic heterocycles. The summed E-state index contributed by atoms with van der Waals surface area (Å²) in [5.41, 5.74) is 7.10. The van der Waals surface area contributed by atoms with Crippen LogP contribution in [-0.4, -0.2) is 22.6 Å². The Hall–Kier alpha value is -1.16. The van der Waals surface area contributed by atoms with E-state index in [0.717, 1.165) is 24.5 Å². The van der Waals surface area contributed by atoms with E-state index in [9.17, 15) is 0 Å². The minimum atomic E-state index is 0.391. The number of nitrogens with one attached hydrogen (secondary N) is 1. The number of nitrogens with zero attached hydrogens (tertiary/aromatic N) is 2. The third-order valence-electron chi connectivity index (χ3n) is 3.67. The van der Waals surface area contributed by atoms with Crippen molar-refractivity contribution in [2.75, 3.05) is 11.9 Å². The average Bonchev–Trinajstić information content (AvgIpc) is 2.37. The molecule has 0 amide bonds. The molecule has 18 heavy (non-hydrogen) atoms. The molecule has 1 aliphatic carbocycles. The van der Waals surface area contributed by atoms with Gasteiger partial charge in [0.15, 0.2) is 0 Å². The number of aromatic nitrogens is 2. The molecule has 1 saturated carbocycles. The van der Waals surface area contributed by atoms with Crippen LogP contribution in [-0.2, 0) is 0 Å². The van der Waals surface area contributed by atoms with Gasteiger partial charge in [0, 0.05) is 24.3 Å². The van der Waals surface area contributed by atoms with E-state index in [0.29, 0.717) is 17.9 Å². The van der Waals surface area contributed by atoms with Crippen molar-refractivity contribution in [3.05, 3.63) is 18.1 Å². The summed E-state index contributed by atoms with van der Waals surface area (Å²) in [6.45, 7) is 5.26. The van der Waals surface area contributed by atoms with Gasteiger partial charge in [0.05, 0.1) is 0 Å². The van der Waals surface area contributed by atoms with E-state index in [1.54, 1.807) is 6.33 Å². The maximum atomic E-state index is 6.00. The molecular weight excluding hydrogens is 224 g/mol. The third kappa shape index (κ3) is 3.67. The first kappa shape index (κ1) is 13.3. The summed E-state index contributed by atoms with van der Waals surface area (Å²) in [5.74, 6) is 2.07. The predicted octanol–water partition coefficient (Wildman–Crippen LogP) is 2.53. The van der Waals surface area contributed by atoms with Crippen molar-refractivity contribution < 1.29 is 0 Å². The van der Waals surface area contributed by atoms with Crippen LogP contribution in [0.3, 0.4) is 0 Å². The lowest BCUT2D eigenvalue weighted by molar-refractivity contribution is 0.335. The van der Waals surface area contributed by atoms with Gasteiger partial charge >= 0.3 is 0 Å². The smallest absolute Gasteiger partial charge is 0.129 e. The molecule has 1 aliphatic rings. The summed E-state index contributed by atoms with van der Waals surface area (Å²) in [6.07, 6.45) is 6.50. The van der Waals surface area contributed by atoms with Gasteiger partial charge in [-0.25, -0.2) is 9.97 Å². The van der Waals surface area contributed by atoms with E-state index in [2.05, 4.69) is 29.1 Å². The Kier molecular flexibility index (Phi) is 4.53. The summed E-state index contributed by atoms with van der Waals surface area (Å²) < 4.78 is 0. The maximum Gasteiger partial charge on any atom is 0.129 e. The lowest BCUT2D eigenvalue weighted by Gasteiger charge is -2.26. The molecule has 2 atom stereocenters. The van der Waals surface area contributed by atoms with E-state index in [1.165, 1.54) is 19.3 Å². The van der Waals surface area contributed by atoms with Gasteiger partial charge in [-0.15, -0.1) is 0 Å². The van der Waals surface area contributed by atoms with Gasteiger partial charge in [-0.3, -0.25) is 0 Å². The fourth-order valence-electron chi connectivity index (χ4n) is 2.55. The first-order valence-electron chi connectivity index (χ1n) is 6.96. The van der Waals surface area contributed by atoms with Crippen LogP contribution in [0, 0.1) is 5.92 Å². The Morgan fingerprint density at radius 1 is 1.39 bits per heavy atom. The van der Waals surface area contributed by atoms with Gasteiger partial charge in [0.2, 0.25) is 0 Å². The Morgan fingerprint density at radius 3 is 2.94 bits per heavy atom. The van der Waals surface area contributed by atoms with Gasteiger partial charge in [-0.2, -0.15) is 0 Å². The zero-order valence-corrected chi connectivity index (χ0v) is 11.4. The highest BCUT2D eigenvalue weighted by atomic mass is 15.0. The van der Waals surface area contributed by atoms with Crippen molar-refractivity contribution >= 4 is 5.82 Å². The van der Waals surface area contributed by atoms with Crippen molar-refractivity contribution in [3.63, 3.8) is 0 Å². The van der Waals surface area contributed by atoms with Crippen molar-refractivity contribution in [2.24, 2.45) is 11.7 Å². The Bertz CT molecular complexity index is 378. The zero-order chi connectivity index (χ0) is 13.0. The molecule has 2 unspecified atom stereocenters. The van der Waals surface area contributed by atoms with Crippen LogP contribution in [0.15, 0.2) is 12.4 Å². The number of anilines is 1. The number of nitrogens with two attached hydrogens (primary N) is 1. The topological polar surface area (TPSA) is 63.8 Å². The van der Waals surface area contributed by atoms with Gasteiger partial charge in [-0.1, -0.05) is 20.3 Å². The molecule has 0 radical (unpaired) electrons. The fourth-order valence-corrected chi connectivity index (χ4v) is 2.55. The van der Waals surface area contributed by atoms with Crippen LogP contribution in [0.2, 0.25) is 0 Å². The lowest BCUT2D eigenvalue weighted by Crippen LogP contribution is -2.31. The van der Waals surface area contributed by atoms with E-state index in [4.69, 9.17) is 5.73 Å². The standard InChI is InChI=1S/C14H24N4/c1-10(2)13-7-14(18-9-17-13)16-8-11-4-3-5-12(15)6-11/h7,9-12H,3-6,8,15H2,1-2H3,(H,16,17,18). The van der Waals surface area contributed by atoms with Crippen molar-refractivity contribution in [1.29, 1.82) is 0 Å². The Labute approximate surface area is 109 Å². The second-order valence-electron chi connectivity index (χ2n) is 5.66. The number of rotatable bonds is 4. The third-order valence-corrected chi connectivity index (χ3v) is 3.67. The number of hydrogen-bond acceptors (Lipinski definition) is 4. The normalized spacial score (nSPS) is 24.2. The Balaban J connectivity index is 1.87. The van der Waals surface area contributed by atoms with Crippen molar-refractivity contribution in [3.8, 4) is 0 Å². The maximum absolute atomic E-state index is 6.00. The molecule has 0 aliphatic heterocycles. The predicted molar refractivity (Wildman–Crippen MR) is 74.5 cm³/mol. The molecule has 0 saturated heterocycles. The van der Waals surface area contributed by atoms with Gasteiger partial charge in [0.1, 0.15) is 12.1 Å². The van der Waals surface area contributed by atoms with Crippen LogP contribution in [0.5, 0.6) is 0 Å².